The molecule has 0 radical (unpaired) electrons. The molecule has 0 fully saturated rings. The van der Waals surface area contributed by atoms with Gasteiger partial charge in [-0.15, -0.1) is 0 Å². The molecular weight excluding hydrogens is 296 g/mol. The number of phenols is 1. The maximum absolute atomic E-state index is 10.6. The van der Waals surface area contributed by atoms with Gasteiger partial charge in [-0.3, -0.25) is 10.1 Å². The first-order chi connectivity index (χ1) is 10.0. The molecule has 2 N–H and O–H groups in total. The standard InChI is InChI=1S/C14H13ClN2O4/c1-21-14-5-2-9(6-13(14)18)8-16-12-4-3-10(17(19)20)7-11(12)15/h2-7,16,18H,8H2,1H3. The number of methoxy groups -OCH3 is 1. The fourth-order valence-electron chi connectivity index (χ4n) is 1.80. The molecule has 0 aliphatic carbocycles. The lowest BCUT2D eigenvalue weighted by atomic mass is 10.2. The van der Waals surface area contributed by atoms with Crippen molar-refractivity contribution in [1.29, 1.82) is 0 Å². The highest BCUT2D eigenvalue weighted by atomic mass is 35.5. The van der Waals surface area contributed by atoms with Crippen molar-refractivity contribution >= 4 is 23.0 Å². The van der Waals surface area contributed by atoms with E-state index in [9.17, 15) is 15.2 Å². The molecule has 0 aliphatic rings. The van der Waals surface area contributed by atoms with Crippen molar-refractivity contribution < 1.29 is 14.8 Å². The average molecular weight is 309 g/mol. The number of hydrogen-bond acceptors (Lipinski definition) is 5. The van der Waals surface area contributed by atoms with E-state index in [0.717, 1.165) is 5.56 Å². The molecule has 0 aromatic heterocycles. The number of phenolic OH excluding ortho intramolecular Hbond substituents is 1. The molecule has 0 spiro atoms. The lowest BCUT2D eigenvalue weighted by Gasteiger charge is -2.10. The molecule has 0 heterocycles. The zero-order chi connectivity index (χ0) is 15.4. The van der Waals surface area contributed by atoms with Crippen LogP contribution in [0.25, 0.3) is 0 Å². The second-order valence-electron chi connectivity index (χ2n) is 4.28. The Bertz CT molecular complexity index is 676. The molecule has 21 heavy (non-hydrogen) atoms. The maximum atomic E-state index is 10.6. The monoisotopic (exact) mass is 308 g/mol. The van der Waals surface area contributed by atoms with E-state index in [1.165, 1.54) is 19.2 Å². The van der Waals surface area contributed by atoms with Crippen molar-refractivity contribution in [1.82, 2.24) is 0 Å². The number of aromatic hydroxyl groups is 1. The average Bonchev–Trinajstić information content (AvgIpc) is 2.46. The van der Waals surface area contributed by atoms with Gasteiger partial charge in [0.2, 0.25) is 0 Å². The Morgan fingerprint density at radius 3 is 2.67 bits per heavy atom. The first kappa shape index (κ1) is 14.9. The van der Waals surface area contributed by atoms with Gasteiger partial charge in [0.1, 0.15) is 0 Å². The fraction of sp³-hybridized carbons (Fsp3) is 0.143. The minimum absolute atomic E-state index is 0.0478. The molecule has 2 rings (SSSR count). The van der Waals surface area contributed by atoms with Crippen molar-refractivity contribution in [2.75, 3.05) is 12.4 Å². The van der Waals surface area contributed by atoms with Gasteiger partial charge in [0, 0.05) is 18.7 Å². The van der Waals surface area contributed by atoms with Crippen LogP contribution < -0.4 is 10.1 Å². The van der Waals surface area contributed by atoms with Gasteiger partial charge in [-0.2, -0.15) is 0 Å². The molecule has 7 heteroatoms. The summed E-state index contributed by atoms with van der Waals surface area (Å²) in [5.74, 6) is 0.443. The summed E-state index contributed by atoms with van der Waals surface area (Å²) in [6.45, 7) is 0.412. The lowest BCUT2D eigenvalue weighted by molar-refractivity contribution is -0.384. The van der Waals surface area contributed by atoms with Crippen molar-refractivity contribution in [3.05, 3.63) is 57.1 Å². The van der Waals surface area contributed by atoms with Crippen molar-refractivity contribution in [2.24, 2.45) is 0 Å². The summed E-state index contributed by atoms with van der Waals surface area (Å²) in [7, 11) is 1.48. The van der Waals surface area contributed by atoms with Gasteiger partial charge in [-0.1, -0.05) is 17.7 Å². The number of hydrogen-bond donors (Lipinski definition) is 2. The number of nitrogens with one attached hydrogen (secondary N) is 1. The van der Waals surface area contributed by atoms with Crippen LogP contribution in [0.4, 0.5) is 11.4 Å². The number of nitro groups is 1. The first-order valence-corrected chi connectivity index (χ1v) is 6.42. The Balaban J connectivity index is 2.09. The van der Waals surface area contributed by atoms with E-state index >= 15 is 0 Å². The maximum Gasteiger partial charge on any atom is 0.271 e. The zero-order valence-electron chi connectivity index (χ0n) is 11.2. The Hall–Kier alpha value is -2.47. The van der Waals surface area contributed by atoms with Crippen LogP contribution in [0.5, 0.6) is 11.5 Å². The predicted molar refractivity (Wildman–Crippen MR) is 80.1 cm³/mol. The summed E-state index contributed by atoms with van der Waals surface area (Å²) in [5.41, 5.74) is 1.34. The van der Waals surface area contributed by atoms with Gasteiger partial charge in [0.05, 0.1) is 22.7 Å². The molecule has 2 aromatic rings. The van der Waals surface area contributed by atoms with Gasteiger partial charge < -0.3 is 15.2 Å². The van der Waals surface area contributed by atoms with E-state index in [4.69, 9.17) is 16.3 Å². The number of rotatable bonds is 5. The molecular formula is C14H13ClN2O4. The fourth-order valence-corrected chi connectivity index (χ4v) is 2.05. The van der Waals surface area contributed by atoms with Gasteiger partial charge in [-0.25, -0.2) is 0 Å². The van der Waals surface area contributed by atoms with Crippen molar-refractivity contribution in [2.45, 2.75) is 6.54 Å². The van der Waals surface area contributed by atoms with Crippen LogP contribution in [0.2, 0.25) is 5.02 Å². The van der Waals surface area contributed by atoms with E-state index in [1.54, 1.807) is 24.3 Å². The van der Waals surface area contributed by atoms with Gasteiger partial charge in [0.15, 0.2) is 11.5 Å². The molecule has 0 atom stereocenters. The molecule has 0 aliphatic heterocycles. The van der Waals surface area contributed by atoms with Crippen LogP contribution >= 0.6 is 11.6 Å². The predicted octanol–water partition coefficient (Wildman–Crippen LogP) is 3.57. The van der Waals surface area contributed by atoms with Crippen LogP contribution in [-0.4, -0.2) is 17.1 Å². The Labute approximate surface area is 126 Å². The molecule has 0 saturated carbocycles. The van der Waals surface area contributed by atoms with Gasteiger partial charge in [-0.05, 0) is 23.8 Å². The number of non-ortho nitro benzene ring substituents is 1. The minimum Gasteiger partial charge on any atom is -0.504 e. The van der Waals surface area contributed by atoms with E-state index in [-0.39, 0.29) is 16.5 Å². The van der Waals surface area contributed by atoms with E-state index in [0.29, 0.717) is 18.0 Å². The second kappa shape index (κ2) is 6.32. The molecule has 0 saturated heterocycles. The number of ether oxygens (including phenoxy) is 1. The smallest absolute Gasteiger partial charge is 0.271 e. The van der Waals surface area contributed by atoms with Crippen LogP contribution in [0.15, 0.2) is 36.4 Å². The molecule has 2 aromatic carbocycles. The second-order valence-corrected chi connectivity index (χ2v) is 4.69. The van der Waals surface area contributed by atoms with Crippen molar-refractivity contribution in [3.63, 3.8) is 0 Å². The molecule has 0 amide bonds. The first-order valence-electron chi connectivity index (χ1n) is 6.05. The number of nitro benzene ring substituents is 1. The van der Waals surface area contributed by atoms with E-state index in [2.05, 4.69) is 5.32 Å². The summed E-state index contributed by atoms with van der Waals surface area (Å²) < 4.78 is 4.96. The molecule has 110 valence electrons. The normalized spacial score (nSPS) is 10.2. The Morgan fingerprint density at radius 1 is 1.33 bits per heavy atom. The summed E-state index contributed by atoms with van der Waals surface area (Å²) in [6, 6.07) is 9.23. The summed E-state index contributed by atoms with van der Waals surface area (Å²) >= 11 is 5.98. The lowest BCUT2D eigenvalue weighted by Crippen LogP contribution is -2.00. The highest BCUT2D eigenvalue weighted by Crippen LogP contribution is 2.29. The zero-order valence-corrected chi connectivity index (χ0v) is 11.9. The Morgan fingerprint density at radius 2 is 2.10 bits per heavy atom. The quantitative estimate of drug-likeness (QED) is 0.651. The largest absolute Gasteiger partial charge is 0.504 e. The van der Waals surface area contributed by atoms with Crippen LogP contribution in [-0.2, 0) is 6.54 Å². The third kappa shape index (κ3) is 3.55. The number of nitrogens with zero attached hydrogens (tertiary/aromatic N) is 1. The minimum atomic E-state index is -0.503. The van der Waals surface area contributed by atoms with E-state index in [1.807, 2.05) is 0 Å². The highest BCUT2D eigenvalue weighted by Gasteiger charge is 2.09. The third-order valence-corrected chi connectivity index (χ3v) is 3.20. The van der Waals surface area contributed by atoms with Crippen LogP contribution in [0.1, 0.15) is 5.56 Å². The summed E-state index contributed by atoms with van der Waals surface area (Å²) in [5, 5.41) is 23.6. The van der Waals surface area contributed by atoms with Crippen molar-refractivity contribution in [3.8, 4) is 11.5 Å². The molecule has 6 nitrogen and oxygen atoms in total. The number of benzene rings is 2. The topological polar surface area (TPSA) is 84.6 Å². The van der Waals surface area contributed by atoms with Gasteiger partial charge in [0.25, 0.3) is 5.69 Å². The van der Waals surface area contributed by atoms with Crippen LogP contribution in [0.3, 0.4) is 0 Å². The van der Waals surface area contributed by atoms with Crippen LogP contribution in [0, 0.1) is 10.1 Å². The Kier molecular flexibility index (Phi) is 4.49. The third-order valence-electron chi connectivity index (χ3n) is 2.89. The number of anilines is 1. The molecule has 0 bridgehead atoms. The van der Waals surface area contributed by atoms with Gasteiger partial charge >= 0.3 is 0 Å². The molecule has 0 unspecified atom stereocenters. The summed E-state index contributed by atoms with van der Waals surface area (Å²) in [4.78, 5) is 10.1. The van der Waals surface area contributed by atoms with E-state index < -0.39 is 4.92 Å². The number of halogens is 1. The SMILES string of the molecule is COc1ccc(CNc2ccc([N+](=O)[O-])cc2Cl)cc1O. The summed E-state index contributed by atoms with van der Waals surface area (Å²) in [6.07, 6.45) is 0. The highest BCUT2D eigenvalue weighted by molar-refractivity contribution is 6.33.